The number of nitrogens with zero attached hydrogens (tertiary/aromatic N) is 1. The smallest absolute Gasteiger partial charge is 0.251 e. The van der Waals surface area contributed by atoms with Gasteiger partial charge in [0.25, 0.3) is 5.91 Å². The highest BCUT2D eigenvalue weighted by Gasteiger charge is 2.15. The van der Waals surface area contributed by atoms with E-state index in [1.165, 1.54) is 0 Å². The third kappa shape index (κ3) is 4.20. The number of hydrogen-bond acceptors (Lipinski definition) is 4. The van der Waals surface area contributed by atoms with E-state index in [2.05, 4.69) is 15.6 Å². The van der Waals surface area contributed by atoms with Gasteiger partial charge in [-0.3, -0.25) is 4.79 Å². The summed E-state index contributed by atoms with van der Waals surface area (Å²) >= 11 is 0. The summed E-state index contributed by atoms with van der Waals surface area (Å²) in [6, 6.07) is 3.60. The van der Waals surface area contributed by atoms with Crippen LogP contribution >= 0.6 is 0 Å². The second-order valence-electron chi connectivity index (χ2n) is 5.09. The summed E-state index contributed by atoms with van der Waals surface area (Å²) in [4.78, 5) is 16.5. The van der Waals surface area contributed by atoms with Gasteiger partial charge in [-0.2, -0.15) is 0 Å². The van der Waals surface area contributed by atoms with E-state index in [1.807, 2.05) is 19.9 Å². The number of amides is 1. The molecule has 1 aromatic heterocycles. The fourth-order valence-electron chi connectivity index (χ4n) is 2.39. The molecule has 0 saturated carbocycles. The van der Waals surface area contributed by atoms with Crippen LogP contribution < -0.4 is 10.6 Å². The first-order valence-corrected chi connectivity index (χ1v) is 7.31. The lowest BCUT2D eigenvalue weighted by molar-refractivity contribution is 0.0907. The van der Waals surface area contributed by atoms with Crippen molar-refractivity contribution in [2.45, 2.75) is 39.2 Å². The first-order chi connectivity index (χ1) is 9.69. The van der Waals surface area contributed by atoms with Gasteiger partial charge in [0.2, 0.25) is 0 Å². The van der Waals surface area contributed by atoms with Crippen LogP contribution in [0, 0.1) is 6.92 Å². The molecule has 2 heterocycles. The topological polar surface area (TPSA) is 63.2 Å². The minimum atomic E-state index is -0.0485. The zero-order valence-corrected chi connectivity index (χ0v) is 12.2. The molecule has 0 bridgehead atoms. The van der Waals surface area contributed by atoms with Gasteiger partial charge < -0.3 is 15.4 Å². The molecule has 1 aliphatic heterocycles. The monoisotopic (exact) mass is 277 g/mol. The number of anilines is 1. The van der Waals surface area contributed by atoms with E-state index in [4.69, 9.17) is 4.74 Å². The summed E-state index contributed by atoms with van der Waals surface area (Å²) in [7, 11) is 0. The molecule has 1 unspecified atom stereocenters. The predicted molar refractivity (Wildman–Crippen MR) is 79.1 cm³/mol. The molecule has 0 radical (unpaired) electrons. The van der Waals surface area contributed by atoms with Crippen LogP contribution in [-0.4, -0.2) is 36.7 Å². The molecule has 1 aliphatic rings. The van der Waals surface area contributed by atoms with Gasteiger partial charge >= 0.3 is 0 Å². The number of hydrogen-bond donors (Lipinski definition) is 2. The van der Waals surface area contributed by atoms with Gasteiger partial charge in [-0.25, -0.2) is 4.98 Å². The molecule has 0 spiro atoms. The Morgan fingerprint density at radius 2 is 2.35 bits per heavy atom. The number of pyridine rings is 1. The van der Waals surface area contributed by atoms with E-state index < -0.39 is 0 Å². The Hall–Kier alpha value is -1.62. The normalized spacial score (nSPS) is 18.0. The summed E-state index contributed by atoms with van der Waals surface area (Å²) in [5.41, 5.74) is 1.49. The lowest BCUT2D eigenvalue weighted by Gasteiger charge is -2.11. The quantitative estimate of drug-likeness (QED) is 0.836. The van der Waals surface area contributed by atoms with Crippen LogP contribution in [0.5, 0.6) is 0 Å². The molecule has 1 fully saturated rings. The van der Waals surface area contributed by atoms with Crippen LogP contribution in [0.15, 0.2) is 12.1 Å². The van der Waals surface area contributed by atoms with E-state index in [9.17, 15) is 4.79 Å². The maximum absolute atomic E-state index is 12.1. The van der Waals surface area contributed by atoms with Crippen LogP contribution in [0.3, 0.4) is 0 Å². The van der Waals surface area contributed by atoms with E-state index in [0.717, 1.165) is 43.9 Å². The number of ether oxygens (including phenoxy) is 1. The molecule has 0 aromatic carbocycles. The molecular formula is C15H23N3O2. The van der Waals surface area contributed by atoms with Gasteiger partial charge in [-0.05, 0) is 45.2 Å². The average Bonchev–Trinajstić information content (AvgIpc) is 2.91. The van der Waals surface area contributed by atoms with E-state index in [-0.39, 0.29) is 5.91 Å². The summed E-state index contributed by atoms with van der Waals surface area (Å²) in [6.45, 7) is 6.20. The van der Waals surface area contributed by atoms with Crippen LogP contribution in [0.4, 0.5) is 5.82 Å². The summed E-state index contributed by atoms with van der Waals surface area (Å²) in [6.07, 6.45) is 3.44. The lowest BCUT2D eigenvalue weighted by Crippen LogP contribution is -2.27. The van der Waals surface area contributed by atoms with Crippen LogP contribution in [0.1, 0.15) is 42.2 Å². The number of aryl methyl sites for hydroxylation is 1. The molecule has 1 saturated heterocycles. The predicted octanol–water partition coefficient (Wildman–Crippen LogP) is 2.12. The third-order valence-corrected chi connectivity index (χ3v) is 3.35. The summed E-state index contributed by atoms with van der Waals surface area (Å²) < 4.78 is 5.54. The SMILES string of the molecule is CCNc1cc(C(=O)NCCC2CCCO2)cc(C)n1. The fraction of sp³-hybridized carbons (Fsp3) is 0.600. The Morgan fingerprint density at radius 1 is 1.50 bits per heavy atom. The van der Waals surface area contributed by atoms with Crippen molar-refractivity contribution in [3.8, 4) is 0 Å². The molecule has 0 aliphatic carbocycles. The minimum Gasteiger partial charge on any atom is -0.378 e. The Labute approximate surface area is 120 Å². The number of nitrogens with one attached hydrogen (secondary N) is 2. The van der Waals surface area contributed by atoms with Gasteiger partial charge in [0.1, 0.15) is 5.82 Å². The van der Waals surface area contributed by atoms with Gasteiger partial charge in [0.05, 0.1) is 6.10 Å². The van der Waals surface area contributed by atoms with Crippen LogP contribution in [-0.2, 0) is 4.74 Å². The number of carbonyl (C=O) groups excluding carboxylic acids is 1. The molecule has 1 amide bonds. The van der Waals surface area contributed by atoms with Gasteiger partial charge in [-0.15, -0.1) is 0 Å². The van der Waals surface area contributed by atoms with Crippen molar-refractivity contribution in [1.82, 2.24) is 10.3 Å². The summed E-state index contributed by atoms with van der Waals surface area (Å²) in [5, 5.41) is 6.08. The lowest BCUT2D eigenvalue weighted by atomic mass is 10.1. The Balaban J connectivity index is 1.87. The Morgan fingerprint density at radius 3 is 3.05 bits per heavy atom. The zero-order valence-electron chi connectivity index (χ0n) is 12.2. The van der Waals surface area contributed by atoms with Crippen molar-refractivity contribution < 1.29 is 9.53 Å². The highest BCUT2D eigenvalue weighted by atomic mass is 16.5. The first kappa shape index (κ1) is 14.8. The van der Waals surface area contributed by atoms with Crippen LogP contribution in [0.2, 0.25) is 0 Å². The first-order valence-electron chi connectivity index (χ1n) is 7.31. The molecular weight excluding hydrogens is 254 g/mol. The van der Waals surface area contributed by atoms with Gasteiger partial charge in [0, 0.05) is 31.0 Å². The van der Waals surface area contributed by atoms with Crippen molar-refractivity contribution in [2.75, 3.05) is 25.0 Å². The molecule has 1 atom stereocenters. The molecule has 110 valence electrons. The third-order valence-electron chi connectivity index (χ3n) is 3.35. The van der Waals surface area contributed by atoms with E-state index in [0.29, 0.717) is 18.2 Å². The Bertz CT molecular complexity index is 456. The second kappa shape index (κ2) is 7.24. The fourth-order valence-corrected chi connectivity index (χ4v) is 2.39. The summed E-state index contributed by atoms with van der Waals surface area (Å²) in [5.74, 6) is 0.699. The maximum Gasteiger partial charge on any atom is 0.251 e. The van der Waals surface area contributed by atoms with Gasteiger partial charge in [0.15, 0.2) is 0 Å². The molecule has 1 aromatic rings. The number of rotatable bonds is 6. The minimum absolute atomic E-state index is 0.0485. The second-order valence-corrected chi connectivity index (χ2v) is 5.09. The Kier molecular flexibility index (Phi) is 5.35. The molecule has 2 rings (SSSR count). The number of aromatic nitrogens is 1. The van der Waals surface area contributed by atoms with Gasteiger partial charge in [-0.1, -0.05) is 0 Å². The standard InChI is InChI=1S/C15H23N3O2/c1-3-16-14-10-12(9-11(2)18-14)15(19)17-7-6-13-5-4-8-20-13/h9-10,13H,3-8H2,1-2H3,(H,16,18)(H,17,19). The van der Waals surface area contributed by atoms with Crippen molar-refractivity contribution in [3.05, 3.63) is 23.4 Å². The molecule has 5 nitrogen and oxygen atoms in total. The maximum atomic E-state index is 12.1. The van der Waals surface area contributed by atoms with Crippen molar-refractivity contribution in [3.63, 3.8) is 0 Å². The highest BCUT2D eigenvalue weighted by Crippen LogP contribution is 2.15. The van der Waals surface area contributed by atoms with E-state index in [1.54, 1.807) is 6.07 Å². The number of carbonyl (C=O) groups is 1. The van der Waals surface area contributed by atoms with Crippen molar-refractivity contribution >= 4 is 11.7 Å². The van der Waals surface area contributed by atoms with Crippen molar-refractivity contribution in [2.24, 2.45) is 0 Å². The van der Waals surface area contributed by atoms with Crippen LogP contribution in [0.25, 0.3) is 0 Å². The largest absolute Gasteiger partial charge is 0.378 e. The van der Waals surface area contributed by atoms with E-state index >= 15 is 0 Å². The molecule has 2 N–H and O–H groups in total. The highest BCUT2D eigenvalue weighted by molar-refractivity contribution is 5.94. The molecule has 20 heavy (non-hydrogen) atoms. The molecule has 5 heteroatoms. The van der Waals surface area contributed by atoms with Crippen molar-refractivity contribution in [1.29, 1.82) is 0 Å². The average molecular weight is 277 g/mol. The zero-order chi connectivity index (χ0) is 14.4.